The summed E-state index contributed by atoms with van der Waals surface area (Å²) in [6, 6.07) is 0. The first-order valence-electron chi connectivity index (χ1n) is 6.97. The van der Waals surface area contributed by atoms with Crippen LogP contribution in [-0.4, -0.2) is 17.6 Å². The van der Waals surface area contributed by atoms with E-state index < -0.39 is 0 Å². The molecule has 1 fully saturated rings. The Balaban J connectivity index is 2.21. The maximum Gasteiger partial charge on any atom is 0.0471 e. The van der Waals surface area contributed by atoms with E-state index >= 15 is 0 Å². The van der Waals surface area contributed by atoms with Crippen LogP contribution in [0.4, 0.5) is 0 Å². The molecule has 0 saturated heterocycles. The average Bonchev–Trinajstić information content (AvgIpc) is 2.30. The summed E-state index contributed by atoms with van der Waals surface area (Å²) in [5.74, 6) is 0. The van der Waals surface area contributed by atoms with Gasteiger partial charge in [-0.05, 0) is 37.5 Å². The highest BCUT2D eigenvalue weighted by Crippen LogP contribution is 2.42. The third kappa shape index (κ3) is 5.35. The molecule has 0 heterocycles. The number of hydrogen-bond acceptors (Lipinski definition) is 1. The van der Waals surface area contributed by atoms with Gasteiger partial charge in [-0.2, -0.15) is 0 Å². The predicted molar refractivity (Wildman–Crippen MR) is 79.4 cm³/mol. The first kappa shape index (κ1) is 14.7. The quantitative estimate of drug-likeness (QED) is 0.345. The molecular formula is C14H27IO. The zero-order chi connectivity index (χ0) is 11.7. The Hall–Kier alpha value is 0.690. The van der Waals surface area contributed by atoms with Gasteiger partial charge in [0.1, 0.15) is 0 Å². The van der Waals surface area contributed by atoms with Gasteiger partial charge < -0.3 is 4.74 Å². The van der Waals surface area contributed by atoms with Gasteiger partial charge in [0.15, 0.2) is 0 Å². The molecule has 0 bridgehead atoms. The Labute approximate surface area is 115 Å². The largest absolute Gasteiger partial charge is 0.381 e. The molecule has 0 aliphatic heterocycles. The number of rotatable bonds is 8. The van der Waals surface area contributed by atoms with Crippen LogP contribution in [0.5, 0.6) is 0 Å². The molecule has 1 saturated carbocycles. The van der Waals surface area contributed by atoms with E-state index in [9.17, 15) is 0 Å². The standard InChI is InChI=1S/C14H27IO/c1-2-3-12-16-13-10-14(9-11-15)7-5-4-6-8-14/h2-13H2,1H3. The summed E-state index contributed by atoms with van der Waals surface area (Å²) in [4.78, 5) is 0. The Bertz CT molecular complexity index is 159. The Morgan fingerprint density at radius 3 is 2.44 bits per heavy atom. The van der Waals surface area contributed by atoms with Crippen molar-refractivity contribution in [3.63, 3.8) is 0 Å². The van der Waals surface area contributed by atoms with Gasteiger partial charge in [0.25, 0.3) is 0 Å². The smallest absolute Gasteiger partial charge is 0.0471 e. The molecule has 1 aliphatic rings. The molecule has 0 amide bonds. The highest BCUT2D eigenvalue weighted by molar-refractivity contribution is 14.1. The lowest BCUT2D eigenvalue weighted by molar-refractivity contribution is 0.0708. The first-order chi connectivity index (χ1) is 7.83. The maximum absolute atomic E-state index is 5.75. The Morgan fingerprint density at radius 2 is 1.81 bits per heavy atom. The topological polar surface area (TPSA) is 9.23 Å². The van der Waals surface area contributed by atoms with Crippen LogP contribution < -0.4 is 0 Å². The van der Waals surface area contributed by atoms with E-state index in [1.54, 1.807) is 0 Å². The van der Waals surface area contributed by atoms with E-state index in [2.05, 4.69) is 29.5 Å². The summed E-state index contributed by atoms with van der Waals surface area (Å²) < 4.78 is 7.06. The summed E-state index contributed by atoms with van der Waals surface area (Å²) in [7, 11) is 0. The van der Waals surface area contributed by atoms with Gasteiger partial charge in [0.05, 0.1) is 0 Å². The molecule has 0 spiro atoms. The molecule has 0 unspecified atom stereocenters. The third-order valence-electron chi connectivity index (χ3n) is 3.96. The third-order valence-corrected chi connectivity index (χ3v) is 4.50. The molecule has 0 N–H and O–H groups in total. The van der Waals surface area contributed by atoms with E-state index in [0.717, 1.165) is 13.2 Å². The van der Waals surface area contributed by atoms with Crippen molar-refractivity contribution in [3.8, 4) is 0 Å². The van der Waals surface area contributed by atoms with Gasteiger partial charge in [-0.25, -0.2) is 0 Å². The van der Waals surface area contributed by atoms with Crippen LogP contribution in [-0.2, 0) is 4.74 Å². The Kier molecular flexibility index (Phi) is 8.05. The normalized spacial score (nSPS) is 19.9. The van der Waals surface area contributed by atoms with Crippen LogP contribution in [0.1, 0.15) is 64.7 Å². The summed E-state index contributed by atoms with van der Waals surface area (Å²) in [6.07, 6.45) is 12.4. The van der Waals surface area contributed by atoms with Crippen molar-refractivity contribution in [1.29, 1.82) is 0 Å². The number of alkyl halides is 1. The van der Waals surface area contributed by atoms with Crippen LogP contribution in [0, 0.1) is 5.41 Å². The highest BCUT2D eigenvalue weighted by atomic mass is 127. The first-order valence-corrected chi connectivity index (χ1v) is 8.49. The van der Waals surface area contributed by atoms with Gasteiger partial charge in [-0.15, -0.1) is 0 Å². The van der Waals surface area contributed by atoms with Gasteiger partial charge in [-0.1, -0.05) is 55.2 Å². The summed E-state index contributed by atoms with van der Waals surface area (Å²) in [6.45, 7) is 4.19. The van der Waals surface area contributed by atoms with Crippen molar-refractivity contribution in [1.82, 2.24) is 0 Å². The molecule has 2 heteroatoms. The fourth-order valence-electron chi connectivity index (χ4n) is 2.76. The van der Waals surface area contributed by atoms with Crippen LogP contribution >= 0.6 is 22.6 Å². The second kappa shape index (κ2) is 8.73. The second-order valence-electron chi connectivity index (χ2n) is 5.22. The number of ether oxygens (including phenoxy) is 1. The van der Waals surface area contributed by atoms with Crippen LogP contribution in [0.25, 0.3) is 0 Å². The van der Waals surface area contributed by atoms with Crippen molar-refractivity contribution in [3.05, 3.63) is 0 Å². The van der Waals surface area contributed by atoms with E-state index in [-0.39, 0.29) is 0 Å². The SMILES string of the molecule is CCCCOCCC1(CCI)CCCCC1. The number of halogens is 1. The van der Waals surface area contributed by atoms with Gasteiger partial charge in [0, 0.05) is 17.6 Å². The van der Waals surface area contributed by atoms with E-state index in [4.69, 9.17) is 4.74 Å². The average molecular weight is 338 g/mol. The predicted octanol–water partition coefficient (Wildman–Crippen LogP) is 4.97. The molecule has 96 valence electrons. The van der Waals surface area contributed by atoms with E-state index in [1.807, 2.05) is 0 Å². The molecular weight excluding hydrogens is 311 g/mol. The minimum atomic E-state index is 0.644. The summed E-state index contributed by atoms with van der Waals surface area (Å²) in [5.41, 5.74) is 0.644. The van der Waals surface area contributed by atoms with Gasteiger partial charge in [-0.3, -0.25) is 0 Å². The second-order valence-corrected chi connectivity index (χ2v) is 6.29. The fraction of sp³-hybridized carbons (Fsp3) is 1.00. The molecule has 0 aromatic carbocycles. The minimum Gasteiger partial charge on any atom is -0.381 e. The van der Waals surface area contributed by atoms with Crippen LogP contribution in [0.3, 0.4) is 0 Å². The van der Waals surface area contributed by atoms with Crippen LogP contribution in [0.15, 0.2) is 0 Å². The molecule has 0 aromatic heterocycles. The zero-order valence-corrected chi connectivity index (χ0v) is 12.9. The van der Waals surface area contributed by atoms with E-state index in [0.29, 0.717) is 5.41 Å². The molecule has 0 radical (unpaired) electrons. The van der Waals surface area contributed by atoms with Crippen LogP contribution in [0.2, 0.25) is 0 Å². The van der Waals surface area contributed by atoms with Crippen molar-refractivity contribution in [2.24, 2.45) is 5.41 Å². The van der Waals surface area contributed by atoms with Gasteiger partial charge in [0.2, 0.25) is 0 Å². The number of unbranched alkanes of at least 4 members (excludes halogenated alkanes) is 1. The monoisotopic (exact) mass is 338 g/mol. The molecule has 1 nitrogen and oxygen atoms in total. The lowest BCUT2D eigenvalue weighted by Gasteiger charge is -2.37. The fourth-order valence-corrected chi connectivity index (χ4v) is 3.91. The van der Waals surface area contributed by atoms with Crippen molar-refractivity contribution < 1.29 is 4.74 Å². The Morgan fingerprint density at radius 1 is 1.06 bits per heavy atom. The van der Waals surface area contributed by atoms with Gasteiger partial charge >= 0.3 is 0 Å². The zero-order valence-electron chi connectivity index (χ0n) is 10.8. The number of hydrogen-bond donors (Lipinski definition) is 0. The lowest BCUT2D eigenvalue weighted by atomic mass is 9.70. The van der Waals surface area contributed by atoms with Crippen molar-refractivity contribution in [2.45, 2.75) is 64.7 Å². The summed E-state index contributed by atoms with van der Waals surface area (Å²) >= 11 is 2.53. The van der Waals surface area contributed by atoms with E-state index in [1.165, 1.54) is 62.2 Å². The molecule has 0 atom stereocenters. The maximum atomic E-state index is 5.75. The van der Waals surface area contributed by atoms with Crippen molar-refractivity contribution in [2.75, 3.05) is 17.6 Å². The molecule has 0 aromatic rings. The van der Waals surface area contributed by atoms with Crippen molar-refractivity contribution >= 4 is 22.6 Å². The summed E-state index contributed by atoms with van der Waals surface area (Å²) in [5, 5.41) is 0. The molecule has 1 aliphatic carbocycles. The molecule has 16 heavy (non-hydrogen) atoms. The lowest BCUT2D eigenvalue weighted by Crippen LogP contribution is -2.26. The highest BCUT2D eigenvalue weighted by Gasteiger charge is 2.30. The molecule has 1 rings (SSSR count). The minimum absolute atomic E-state index is 0.644.